The van der Waals surface area contributed by atoms with E-state index < -0.39 is 6.04 Å². The van der Waals surface area contributed by atoms with Crippen LogP contribution in [-0.2, 0) is 14.4 Å². The second-order valence-electron chi connectivity index (χ2n) is 6.43. The van der Waals surface area contributed by atoms with Gasteiger partial charge in [-0.25, -0.2) is 4.90 Å². The van der Waals surface area contributed by atoms with Crippen molar-refractivity contribution in [3.05, 3.63) is 24.3 Å². The molecule has 0 saturated carbocycles. The Balaban J connectivity index is 1.72. The van der Waals surface area contributed by atoms with E-state index in [9.17, 15) is 14.4 Å². The largest absolute Gasteiger partial charge is 0.494 e. The van der Waals surface area contributed by atoms with Crippen molar-refractivity contribution in [2.75, 3.05) is 24.6 Å². The van der Waals surface area contributed by atoms with Gasteiger partial charge in [-0.15, -0.1) is 0 Å². The van der Waals surface area contributed by atoms with Crippen molar-refractivity contribution < 1.29 is 19.1 Å². The van der Waals surface area contributed by atoms with Crippen LogP contribution in [-0.4, -0.2) is 48.4 Å². The first-order valence-electron chi connectivity index (χ1n) is 8.64. The number of nitrogens with zero attached hydrogens (tertiary/aromatic N) is 2. The molecule has 7 heteroatoms. The van der Waals surface area contributed by atoms with Crippen LogP contribution in [0.5, 0.6) is 5.75 Å². The molecule has 1 atom stereocenters. The van der Waals surface area contributed by atoms with E-state index in [0.717, 1.165) is 0 Å². The van der Waals surface area contributed by atoms with E-state index >= 15 is 0 Å². The highest BCUT2D eigenvalue weighted by atomic mass is 16.5. The zero-order valence-corrected chi connectivity index (χ0v) is 14.3. The highest BCUT2D eigenvalue weighted by Crippen LogP contribution is 2.30. The van der Waals surface area contributed by atoms with E-state index in [4.69, 9.17) is 10.5 Å². The van der Waals surface area contributed by atoms with Crippen LogP contribution in [0.2, 0.25) is 0 Å². The van der Waals surface area contributed by atoms with Gasteiger partial charge in [0.15, 0.2) is 0 Å². The molecule has 2 aliphatic rings. The number of carbonyl (C=O) groups excluding carboxylic acids is 3. The van der Waals surface area contributed by atoms with Gasteiger partial charge >= 0.3 is 0 Å². The third-order valence-corrected chi connectivity index (χ3v) is 4.88. The summed E-state index contributed by atoms with van der Waals surface area (Å²) in [5.74, 6) is -0.214. The lowest BCUT2D eigenvalue weighted by molar-refractivity contribution is -0.124. The van der Waals surface area contributed by atoms with E-state index in [0.29, 0.717) is 44.0 Å². The Bertz CT molecular complexity index is 683. The summed E-state index contributed by atoms with van der Waals surface area (Å²) in [7, 11) is 0. The lowest BCUT2D eigenvalue weighted by atomic mass is 9.95. The number of anilines is 1. The fraction of sp³-hybridized carbons (Fsp3) is 0.500. The Hall–Kier alpha value is -2.41. The summed E-state index contributed by atoms with van der Waals surface area (Å²) in [6.45, 7) is 3.60. The van der Waals surface area contributed by atoms with E-state index in [1.54, 1.807) is 24.3 Å². The predicted molar refractivity (Wildman–Crippen MR) is 92.0 cm³/mol. The normalized spacial score (nSPS) is 22.4. The molecule has 2 N–H and O–H groups in total. The summed E-state index contributed by atoms with van der Waals surface area (Å²) in [6, 6.07) is 6.55. The highest BCUT2D eigenvalue weighted by Gasteiger charge is 2.43. The van der Waals surface area contributed by atoms with Crippen molar-refractivity contribution in [1.82, 2.24) is 4.90 Å². The van der Waals surface area contributed by atoms with Gasteiger partial charge in [0.1, 0.15) is 5.75 Å². The van der Waals surface area contributed by atoms with Crippen LogP contribution in [0.15, 0.2) is 24.3 Å². The SMILES string of the molecule is CCOc1cccc(N2C(=O)C[C@@H](N3CCC(C(N)=O)CC3)C2=O)c1. The first kappa shape index (κ1) is 17.4. The number of likely N-dealkylation sites (tertiary alicyclic amines) is 1. The van der Waals surface area contributed by atoms with Gasteiger partial charge in [-0.05, 0) is 45.0 Å². The van der Waals surface area contributed by atoms with Crippen molar-refractivity contribution in [2.24, 2.45) is 11.7 Å². The molecule has 3 amide bonds. The lowest BCUT2D eigenvalue weighted by Crippen LogP contribution is -2.47. The van der Waals surface area contributed by atoms with Crippen LogP contribution >= 0.6 is 0 Å². The van der Waals surface area contributed by atoms with E-state index in [1.165, 1.54) is 4.90 Å². The maximum absolute atomic E-state index is 12.8. The molecule has 25 heavy (non-hydrogen) atoms. The minimum Gasteiger partial charge on any atom is -0.494 e. The summed E-state index contributed by atoms with van der Waals surface area (Å²) in [6.07, 6.45) is 1.43. The molecule has 134 valence electrons. The van der Waals surface area contributed by atoms with Gasteiger partial charge in [0.2, 0.25) is 11.8 Å². The number of imide groups is 1. The summed E-state index contributed by atoms with van der Waals surface area (Å²) < 4.78 is 5.45. The number of hydrogen-bond donors (Lipinski definition) is 1. The molecule has 0 aliphatic carbocycles. The number of ether oxygens (including phenoxy) is 1. The van der Waals surface area contributed by atoms with Gasteiger partial charge < -0.3 is 10.5 Å². The Labute approximate surface area is 146 Å². The molecule has 0 unspecified atom stereocenters. The van der Waals surface area contributed by atoms with Crippen molar-refractivity contribution in [3.8, 4) is 5.75 Å². The predicted octanol–water partition coefficient (Wildman–Crippen LogP) is 0.914. The van der Waals surface area contributed by atoms with Gasteiger partial charge in [0.25, 0.3) is 5.91 Å². The molecular weight excluding hydrogens is 322 g/mol. The Morgan fingerprint density at radius 2 is 2.00 bits per heavy atom. The number of primary amides is 1. The molecule has 2 saturated heterocycles. The van der Waals surface area contributed by atoms with Crippen LogP contribution in [0.1, 0.15) is 26.2 Å². The van der Waals surface area contributed by atoms with Crippen LogP contribution in [0.25, 0.3) is 0 Å². The van der Waals surface area contributed by atoms with Crippen molar-refractivity contribution in [3.63, 3.8) is 0 Å². The first-order valence-corrected chi connectivity index (χ1v) is 8.64. The Morgan fingerprint density at radius 1 is 1.28 bits per heavy atom. The molecule has 7 nitrogen and oxygen atoms in total. The Morgan fingerprint density at radius 3 is 2.64 bits per heavy atom. The van der Waals surface area contributed by atoms with Gasteiger partial charge in [-0.1, -0.05) is 6.07 Å². The summed E-state index contributed by atoms with van der Waals surface area (Å²) in [5, 5.41) is 0. The zero-order chi connectivity index (χ0) is 18.0. The second-order valence-corrected chi connectivity index (χ2v) is 6.43. The van der Waals surface area contributed by atoms with Gasteiger partial charge in [-0.2, -0.15) is 0 Å². The quantitative estimate of drug-likeness (QED) is 0.801. The minimum absolute atomic E-state index is 0.137. The molecule has 2 heterocycles. The maximum Gasteiger partial charge on any atom is 0.251 e. The average Bonchev–Trinajstić information content (AvgIpc) is 2.90. The zero-order valence-electron chi connectivity index (χ0n) is 14.3. The van der Waals surface area contributed by atoms with Crippen LogP contribution in [0, 0.1) is 5.92 Å². The number of nitrogens with two attached hydrogens (primary N) is 1. The fourth-order valence-electron chi connectivity index (χ4n) is 3.55. The number of rotatable bonds is 5. The second kappa shape index (κ2) is 7.23. The van der Waals surface area contributed by atoms with Gasteiger partial charge in [0, 0.05) is 12.0 Å². The van der Waals surface area contributed by atoms with Gasteiger partial charge in [0.05, 0.1) is 24.8 Å². The molecule has 1 aromatic carbocycles. The smallest absolute Gasteiger partial charge is 0.251 e. The summed E-state index contributed by atoms with van der Waals surface area (Å²) >= 11 is 0. The number of piperidine rings is 1. The fourth-order valence-corrected chi connectivity index (χ4v) is 3.55. The van der Waals surface area contributed by atoms with Crippen molar-refractivity contribution >= 4 is 23.4 Å². The molecule has 2 aliphatic heterocycles. The summed E-state index contributed by atoms with van der Waals surface area (Å²) in [4.78, 5) is 39.8. The van der Waals surface area contributed by atoms with Crippen LogP contribution in [0.4, 0.5) is 5.69 Å². The minimum atomic E-state index is -0.461. The van der Waals surface area contributed by atoms with E-state index in [1.807, 2.05) is 11.8 Å². The molecule has 0 bridgehead atoms. The van der Waals surface area contributed by atoms with Crippen molar-refractivity contribution in [1.29, 1.82) is 0 Å². The highest BCUT2D eigenvalue weighted by molar-refractivity contribution is 6.22. The van der Waals surface area contributed by atoms with Gasteiger partial charge in [-0.3, -0.25) is 19.3 Å². The lowest BCUT2D eigenvalue weighted by Gasteiger charge is -2.33. The van der Waals surface area contributed by atoms with E-state index in [2.05, 4.69) is 0 Å². The molecule has 1 aromatic rings. The number of hydrogen-bond acceptors (Lipinski definition) is 5. The van der Waals surface area contributed by atoms with Crippen LogP contribution < -0.4 is 15.4 Å². The summed E-state index contributed by atoms with van der Waals surface area (Å²) in [5.41, 5.74) is 5.89. The van der Waals surface area contributed by atoms with E-state index in [-0.39, 0.29) is 30.1 Å². The number of carbonyl (C=O) groups is 3. The Kier molecular flexibility index (Phi) is 5.03. The standard InChI is InChI=1S/C18H23N3O4/c1-2-25-14-5-3-4-13(10-14)21-16(22)11-15(18(21)24)20-8-6-12(7-9-20)17(19)23/h3-5,10,12,15H,2,6-9,11H2,1H3,(H2,19,23)/t15-/m1/s1. The number of benzene rings is 1. The first-order chi connectivity index (χ1) is 12.0. The molecule has 0 radical (unpaired) electrons. The molecule has 3 rings (SSSR count). The molecular formula is C18H23N3O4. The topological polar surface area (TPSA) is 92.9 Å². The molecule has 0 spiro atoms. The molecule has 2 fully saturated rings. The maximum atomic E-state index is 12.8. The third kappa shape index (κ3) is 3.51. The van der Waals surface area contributed by atoms with Crippen molar-refractivity contribution in [2.45, 2.75) is 32.2 Å². The third-order valence-electron chi connectivity index (χ3n) is 4.88. The van der Waals surface area contributed by atoms with Crippen LogP contribution in [0.3, 0.4) is 0 Å². The number of amides is 3. The monoisotopic (exact) mass is 345 g/mol. The average molecular weight is 345 g/mol. The molecule has 0 aromatic heterocycles.